The maximum Gasteiger partial charge on any atom is 0.0294 e. The van der Waals surface area contributed by atoms with Gasteiger partial charge in [-0.25, -0.2) is 0 Å². The van der Waals surface area contributed by atoms with Gasteiger partial charge in [-0.3, -0.25) is 0 Å². The predicted octanol–water partition coefficient (Wildman–Crippen LogP) is 3.84. The Balaban J connectivity index is 1.89. The molecule has 1 heteroatoms. The molecule has 0 amide bonds. The Morgan fingerprint density at radius 1 is 1.25 bits per heavy atom. The maximum absolute atomic E-state index is 3.63. The van der Waals surface area contributed by atoms with E-state index in [9.17, 15) is 0 Å². The summed E-state index contributed by atoms with van der Waals surface area (Å²) in [7, 11) is 0. The minimum Gasteiger partial charge on any atom is -0.307 e. The zero-order valence-electron chi connectivity index (χ0n) is 10.5. The molecule has 1 nitrogen and oxygen atoms in total. The molecule has 16 heavy (non-hydrogen) atoms. The quantitative estimate of drug-likeness (QED) is 0.763. The van der Waals surface area contributed by atoms with Crippen molar-refractivity contribution in [3.63, 3.8) is 0 Å². The summed E-state index contributed by atoms with van der Waals surface area (Å²) < 4.78 is 0. The lowest BCUT2D eigenvalue weighted by Gasteiger charge is -2.14. The van der Waals surface area contributed by atoms with Crippen molar-refractivity contribution in [3.05, 3.63) is 35.4 Å². The predicted molar refractivity (Wildman–Crippen MR) is 69.6 cm³/mol. The van der Waals surface area contributed by atoms with E-state index in [1.807, 2.05) is 0 Å². The van der Waals surface area contributed by atoms with Gasteiger partial charge >= 0.3 is 0 Å². The average molecular weight is 217 g/mol. The van der Waals surface area contributed by atoms with Gasteiger partial charge in [0.15, 0.2) is 0 Å². The van der Waals surface area contributed by atoms with E-state index in [0.29, 0.717) is 6.04 Å². The minimum absolute atomic E-state index is 0.507. The molecule has 1 atom stereocenters. The Morgan fingerprint density at radius 3 is 2.50 bits per heavy atom. The summed E-state index contributed by atoms with van der Waals surface area (Å²) in [5.41, 5.74) is 2.90. The molecule has 0 radical (unpaired) electrons. The van der Waals surface area contributed by atoms with Crippen LogP contribution in [0.2, 0.25) is 0 Å². The van der Waals surface area contributed by atoms with E-state index >= 15 is 0 Å². The van der Waals surface area contributed by atoms with E-state index in [0.717, 1.165) is 6.04 Å². The van der Waals surface area contributed by atoms with E-state index in [1.165, 1.54) is 43.2 Å². The number of hydrogen-bond acceptors (Lipinski definition) is 1. The van der Waals surface area contributed by atoms with Gasteiger partial charge in [0, 0.05) is 12.1 Å². The number of unbranched alkanes of at least 4 members (excludes halogenated alkanes) is 1. The SMILES string of the molecule is CCCCc1ccc(C(C)NC2CC2)cc1. The van der Waals surface area contributed by atoms with Crippen LogP contribution in [0.5, 0.6) is 0 Å². The highest BCUT2D eigenvalue weighted by Gasteiger charge is 2.22. The molecular formula is C15H23N. The fourth-order valence-electron chi connectivity index (χ4n) is 2.05. The van der Waals surface area contributed by atoms with Crippen molar-refractivity contribution in [1.82, 2.24) is 5.32 Å². The maximum atomic E-state index is 3.63. The molecule has 1 aliphatic rings. The summed E-state index contributed by atoms with van der Waals surface area (Å²) in [6.45, 7) is 4.51. The summed E-state index contributed by atoms with van der Waals surface area (Å²) >= 11 is 0. The molecule has 1 aromatic rings. The Bertz CT molecular complexity index is 311. The van der Waals surface area contributed by atoms with Gasteiger partial charge in [-0.1, -0.05) is 37.6 Å². The molecule has 1 unspecified atom stereocenters. The molecule has 0 spiro atoms. The van der Waals surface area contributed by atoms with Crippen LogP contribution in [0.25, 0.3) is 0 Å². The van der Waals surface area contributed by atoms with E-state index < -0.39 is 0 Å². The summed E-state index contributed by atoms with van der Waals surface area (Å²) in [6.07, 6.45) is 6.52. The number of benzene rings is 1. The van der Waals surface area contributed by atoms with E-state index in [4.69, 9.17) is 0 Å². The number of aryl methyl sites for hydroxylation is 1. The first kappa shape index (κ1) is 11.7. The van der Waals surface area contributed by atoms with E-state index in [2.05, 4.69) is 43.4 Å². The van der Waals surface area contributed by atoms with Crippen molar-refractivity contribution < 1.29 is 0 Å². The number of hydrogen-bond donors (Lipinski definition) is 1. The molecule has 1 N–H and O–H groups in total. The lowest BCUT2D eigenvalue weighted by Crippen LogP contribution is -2.20. The first-order chi connectivity index (χ1) is 7.79. The highest BCUT2D eigenvalue weighted by atomic mass is 15.0. The fraction of sp³-hybridized carbons (Fsp3) is 0.600. The zero-order valence-corrected chi connectivity index (χ0v) is 10.5. The first-order valence-electron chi connectivity index (χ1n) is 6.64. The molecular weight excluding hydrogens is 194 g/mol. The van der Waals surface area contributed by atoms with E-state index in [1.54, 1.807) is 0 Å². The molecule has 0 heterocycles. The number of nitrogens with one attached hydrogen (secondary N) is 1. The van der Waals surface area contributed by atoms with Crippen LogP contribution >= 0.6 is 0 Å². The van der Waals surface area contributed by atoms with Crippen LogP contribution in [0.3, 0.4) is 0 Å². The van der Waals surface area contributed by atoms with Gasteiger partial charge in [0.2, 0.25) is 0 Å². The minimum atomic E-state index is 0.507. The van der Waals surface area contributed by atoms with Gasteiger partial charge in [0.25, 0.3) is 0 Å². The molecule has 1 aliphatic carbocycles. The summed E-state index contributed by atoms with van der Waals surface area (Å²) in [4.78, 5) is 0. The van der Waals surface area contributed by atoms with Crippen molar-refractivity contribution >= 4 is 0 Å². The molecule has 0 aromatic heterocycles. The monoisotopic (exact) mass is 217 g/mol. The molecule has 0 aliphatic heterocycles. The van der Waals surface area contributed by atoms with Gasteiger partial charge in [0.1, 0.15) is 0 Å². The lowest BCUT2D eigenvalue weighted by atomic mass is 10.0. The smallest absolute Gasteiger partial charge is 0.0294 e. The molecule has 1 fully saturated rings. The highest BCUT2D eigenvalue weighted by Crippen LogP contribution is 2.24. The second-order valence-corrected chi connectivity index (χ2v) is 5.01. The molecule has 0 saturated heterocycles. The molecule has 0 bridgehead atoms. The topological polar surface area (TPSA) is 12.0 Å². The second-order valence-electron chi connectivity index (χ2n) is 5.01. The Morgan fingerprint density at radius 2 is 1.94 bits per heavy atom. The third-order valence-electron chi connectivity index (χ3n) is 3.36. The van der Waals surface area contributed by atoms with Crippen molar-refractivity contribution in [3.8, 4) is 0 Å². The van der Waals surface area contributed by atoms with Crippen LogP contribution in [-0.2, 0) is 6.42 Å². The third-order valence-corrected chi connectivity index (χ3v) is 3.36. The lowest BCUT2D eigenvalue weighted by molar-refractivity contribution is 0.571. The molecule has 2 rings (SSSR count). The first-order valence-corrected chi connectivity index (χ1v) is 6.64. The molecule has 1 saturated carbocycles. The van der Waals surface area contributed by atoms with Gasteiger partial charge in [-0.2, -0.15) is 0 Å². The van der Waals surface area contributed by atoms with Gasteiger partial charge in [-0.05, 0) is 43.7 Å². The van der Waals surface area contributed by atoms with Crippen LogP contribution < -0.4 is 5.32 Å². The summed E-state index contributed by atoms with van der Waals surface area (Å²) in [6, 6.07) is 10.4. The van der Waals surface area contributed by atoms with Crippen LogP contribution in [0.15, 0.2) is 24.3 Å². The van der Waals surface area contributed by atoms with Crippen molar-refractivity contribution in [2.75, 3.05) is 0 Å². The summed E-state index contributed by atoms with van der Waals surface area (Å²) in [5, 5.41) is 3.63. The fourth-order valence-corrected chi connectivity index (χ4v) is 2.05. The Hall–Kier alpha value is -0.820. The highest BCUT2D eigenvalue weighted by molar-refractivity contribution is 5.25. The zero-order chi connectivity index (χ0) is 11.4. The number of rotatable bonds is 6. The standard InChI is InChI=1S/C15H23N/c1-3-4-5-13-6-8-14(9-7-13)12(2)16-15-10-11-15/h6-9,12,15-16H,3-5,10-11H2,1-2H3. The van der Waals surface area contributed by atoms with Crippen LogP contribution in [0.1, 0.15) is 56.7 Å². The largest absolute Gasteiger partial charge is 0.307 e. The summed E-state index contributed by atoms with van der Waals surface area (Å²) in [5.74, 6) is 0. The Kier molecular flexibility index (Phi) is 4.00. The van der Waals surface area contributed by atoms with Crippen molar-refractivity contribution in [2.45, 2.75) is 58.0 Å². The normalized spacial score (nSPS) is 17.4. The van der Waals surface area contributed by atoms with Gasteiger partial charge in [-0.15, -0.1) is 0 Å². The van der Waals surface area contributed by atoms with Gasteiger partial charge in [0.05, 0.1) is 0 Å². The average Bonchev–Trinajstić information content (AvgIpc) is 3.11. The van der Waals surface area contributed by atoms with Crippen LogP contribution in [0.4, 0.5) is 0 Å². The Labute approximate surface area is 99.3 Å². The van der Waals surface area contributed by atoms with Crippen molar-refractivity contribution in [2.24, 2.45) is 0 Å². The van der Waals surface area contributed by atoms with Crippen LogP contribution in [-0.4, -0.2) is 6.04 Å². The second kappa shape index (κ2) is 5.49. The third kappa shape index (κ3) is 3.34. The van der Waals surface area contributed by atoms with Crippen molar-refractivity contribution in [1.29, 1.82) is 0 Å². The molecule has 88 valence electrons. The molecule has 1 aromatic carbocycles. The van der Waals surface area contributed by atoms with Crippen LogP contribution in [0, 0.1) is 0 Å². The van der Waals surface area contributed by atoms with E-state index in [-0.39, 0.29) is 0 Å². The van der Waals surface area contributed by atoms with Gasteiger partial charge < -0.3 is 5.32 Å².